The molecular formula is C16H15Cl2N3O4. The third kappa shape index (κ3) is 4.12. The van der Waals surface area contributed by atoms with Crippen LogP contribution in [0.3, 0.4) is 0 Å². The predicted octanol–water partition coefficient (Wildman–Crippen LogP) is 2.49. The predicted molar refractivity (Wildman–Crippen MR) is 91.5 cm³/mol. The van der Waals surface area contributed by atoms with Crippen LogP contribution in [0.2, 0.25) is 10.0 Å². The van der Waals surface area contributed by atoms with Gasteiger partial charge in [-0.15, -0.1) is 0 Å². The van der Waals surface area contributed by atoms with E-state index in [0.29, 0.717) is 34.4 Å². The van der Waals surface area contributed by atoms with Gasteiger partial charge in [0.2, 0.25) is 0 Å². The molecule has 132 valence electrons. The number of nitrogens with zero attached hydrogens (tertiary/aromatic N) is 3. The maximum atomic E-state index is 12.6. The number of ether oxygens (including phenoxy) is 1. The molecule has 1 aromatic carbocycles. The van der Waals surface area contributed by atoms with Crippen LogP contribution in [-0.4, -0.2) is 57.5 Å². The van der Waals surface area contributed by atoms with Crippen molar-refractivity contribution in [1.82, 2.24) is 14.7 Å². The Kier molecular flexibility index (Phi) is 5.27. The standard InChI is InChI=1S/C16H15Cl2N3O4/c17-11-1-2-14(13(18)5-11)21-8-10(7-19-21)16(24)20-3-4-25-12(9-20)6-15(22)23/h1-2,5,7-8,12H,3-4,6,9H2,(H,22,23)/t12-/m0/s1. The Bertz CT molecular complexity index is 808. The lowest BCUT2D eigenvalue weighted by Gasteiger charge is -2.32. The molecule has 7 nitrogen and oxygen atoms in total. The molecule has 9 heteroatoms. The minimum absolute atomic E-state index is 0.135. The SMILES string of the molecule is O=C(O)C[C@H]1CN(C(=O)c2cnn(-c3ccc(Cl)cc3Cl)c2)CCO1. The van der Waals surface area contributed by atoms with Gasteiger partial charge in [0, 0.05) is 24.3 Å². The van der Waals surface area contributed by atoms with Gasteiger partial charge in [-0.1, -0.05) is 23.2 Å². The molecule has 0 radical (unpaired) electrons. The zero-order chi connectivity index (χ0) is 18.0. The quantitative estimate of drug-likeness (QED) is 0.876. The molecule has 1 fully saturated rings. The average Bonchev–Trinajstić information content (AvgIpc) is 3.03. The van der Waals surface area contributed by atoms with Gasteiger partial charge in [-0.2, -0.15) is 5.10 Å². The van der Waals surface area contributed by atoms with E-state index in [9.17, 15) is 9.59 Å². The van der Waals surface area contributed by atoms with Gasteiger partial charge in [0.25, 0.3) is 5.91 Å². The second kappa shape index (κ2) is 7.43. The Balaban J connectivity index is 1.75. The number of carboxylic acid groups (broad SMARTS) is 1. The summed E-state index contributed by atoms with van der Waals surface area (Å²) >= 11 is 12.0. The minimum Gasteiger partial charge on any atom is -0.481 e. The largest absolute Gasteiger partial charge is 0.481 e. The highest BCUT2D eigenvalue weighted by molar-refractivity contribution is 6.35. The summed E-state index contributed by atoms with van der Waals surface area (Å²) in [6, 6.07) is 4.99. The summed E-state index contributed by atoms with van der Waals surface area (Å²) in [6.45, 7) is 0.945. The van der Waals surface area contributed by atoms with Crippen molar-refractivity contribution in [2.45, 2.75) is 12.5 Å². The van der Waals surface area contributed by atoms with E-state index in [0.717, 1.165) is 0 Å². The first kappa shape index (κ1) is 17.7. The Morgan fingerprint density at radius 1 is 1.36 bits per heavy atom. The number of rotatable bonds is 4. The van der Waals surface area contributed by atoms with Crippen LogP contribution in [0.25, 0.3) is 5.69 Å². The fourth-order valence-corrected chi connectivity index (χ4v) is 3.13. The number of carbonyl (C=O) groups excluding carboxylic acids is 1. The molecule has 1 saturated heterocycles. The summed E-state index contributed by atoms with van der Waals surface area (Å²) < 4.78 is 6.88. The highest BCUT2D eigenvalue weighted by Gasteiger charge is 2.27. The van der Waals surface area contributed by atoms with E-state index in [4.69, 9.17) is 33.0 Å². The molecule has 1 amide bonds. The minimum atomic E-state index is -0.954. The molecule has 1 aromatic heterocycles. The highest BCUT2D eigenvalue weighted by Crippen LogP contribution is 2.24. The molecule has 0 saturated carbocycles. The molecule has 25 heavy (non-hydrogen) atoms. The van der Waals surface area contributed by atoms with Crippen molar-refractivity contribution >= 4 is 35.1 Å². The Morgan fingerprint density at radius 3 is 2.88 bits per heavy atom. The number of carbonyl (C=O) groups is 2. The number of carboxylic acids is 1. The summed E-state index contributed by atoms with van der Waals surface area (Å²) in [6.07, 6.45) is 2.40. The summed E-state index contributed by atoms with van der Waals surface area (Å²) in [5, 5.41) is 14.0. The van der Waals surface area contributed by atoms with E-state index >= 15 is 0 Å². The van der Waals surface area contributed by atoms with Crippen molar-refractivity contribution in [3.63, 3.8) is 0 Å². The number of amides is 1. The zero-order valence-electron chi connectivity index (χ0n) is 13.1. The Hall–Kier alpha value is -2.09. The number of morpholine rings is 1. The first-order chi connectivity index (χ1) is 11.9. The molecule has 1 N–H and O–H groups in total. The number of hydrogen-bond donors (Lipinski definition) is 1. The molecule has 0 aliphatic carbocycles. The van der Waals surface area contributed by atoms with Gasteiger partial charge in [-0.3, -0.25) is 9.59 Å². The smallest absolute Gasteiger partial charge is 0.306 e. The second-order valence-corrected chi connectivity index (χ2v) is 6.45. The van der Waals surface area contributed by atoms with Gasteiger partial charge in [0.15, 0.2) is 0 Å². The van der Waals surface area contributed by atoms with Crippen molar-refractivity contribution in [2.75, 3.05) is 19.7 Å². The molecular weight excluding hydrogens is 369 g/mol. The number of aliphatic carboxylic acids is 1. The van der Waals surface area contributed by atoms with Gasteiger partial charge >= 0.3 is 5.97 Å². The third-order valence-electron chi connectivity index (χ3n) is 3.81. The van der Waals surface area contributed by atoms with Crippen LogP contribution in [0.1, 0.15) is 16.8 Å². The van der Waals surface area contributed by atoms with Crippen molar-refractivity contribution < 1.29 is 19.4 Å². The van der Waals surface area contributed by atoms with E-state index in [-0.39, 0.29) is 18.9 Å². The van der Waals surface area contributed by atoms with E-state index in [2.05, 4.69) is 5.10 Å². The van der Waals surface area contributed by atoms with Gasteiger partial charge in [-0.05, 0) is 18.2 Å². The van der Waals surface area contributed by atoms with Crippen LogP contribution in [0.4, 0.5) is 0 Å². The summed E-state index contributed by atoms with van der Waals surface area (Å²) in [5.41, 5.74) is 0.998. The molecule has 0 unspecified atom stereocenters. The van der Waals surface area contributed by atoms with Crippen LogP contribution >= 0.6 is 23.2 Å². The molecule has 0 spiro atoms. The molecule has 1 aliphatic heterocycles. The van der Waals surface area contributed by atoms with Gasteiger partial charge in [0.1, 0.15) is 0 Å². The van der Waals surface area contributed by atoms with E-state index in [1.807, 2.05) is 0 Å². The number of halogens is 2. The molecule has 1 aliphatic rings. The van der Waals surface area contributed by atoms with Crippen molar-refractivity contribution in [2.24, 2.45) is 0 Å². The normalized spacial score (nSPS) is 17.5. The Labute approximate surface area is 153 Å². The maximum Gasteiger partial charge on any atom is 0.306 e. The lowest BCUT2D eigenvalue weighted by Crippen LogP contribution is -2.46. The van der Waals surface area contributed by atoms with Crippen LogP contribution in [0.5, 0.6) is 0 Å². The van der Waals surface area contributed by atoms with Gasteiger partial charge < -0.3 is 14.7 Å². The van der Waals surface area contributed by atoms with Crippen LogP contribution in [0, 0.1) is 0 Å². The van der Waals surface area contributed by atoms with E-state index < -0.39 is 12.1 Å². The van der Waals surface area contributed by atoms with Crippen LogP contribution in [-0.2, 0) is 9.53 Å². The van der Waals surface area contributed by atoms with Gasteiger partial charge in [0.05, 0.1) is 41.6 Å². The lowest BCUT2D eigenvalue weighted by atomic mass is 10.2. The molecule has 3 rings (SSSR count). The number of aromatic nitrogens is 2. The molecule has 2 heterocycles. The van der Waals surface area contributed by atoms with E-state index in [1.165, 1.54) is 10.9 Å². The summed E-state index contributed by atoms with van der Waals surface area (Å²) in [4.78, 5) is 25.0. The second-order valence-electron chi connectivity index (χ2n) is 5.61. The van der Waals surface area contributed by atoms with Gasteiger partial charge in [-0.25, -0.2) is 4.68 Å². The summed E-state index contributed by atoms with van der Waals surface area (Å²) in [5.74, 6) is -1.18. The fourth-order valence-electron chi connectivity index (χ4n) is 2.64. The van der Waals surface area contributed by atoms with Crippen LogP contribution in [0.15, 0.2) is 30.6 Å². The lowest BCUT2D eigenvalue weighted by molar-refractivity contribution is -0.141. The van der Waals surface area contributed by atoms with Crippen molar-refractivity contribution in [3.05, 3.63) is 46.2 Å². The monoisotopic (exact) mass is 383 g/mol. The number of hydrogen-bond acceptors (Lipinski definition) is 4. The fraction of sp³-hybridized carbons (Fsp3) is 0.312. The first-order valence-corrected chi connectivity index (χ1v) is 8.32. The molecule has 0 bridgehead atoms. The number of benzene rings is 1. The summed E-state index contributed by atoms with van der Waals surface area (Å²) in [7, 11) is 0. The molecule has 1 atom stereocenters. The van der Waals surface area contributed by atoms with Crippen molar-refractivity contribution in [3.8, 4) is 5.69 Å². The maximum absolute atomic E-state index is 12.6. The van der Waals surface area contributed by atoms with E-state index in [1.54, 1.807) is 29.3 Å². The Morgan fingerprint density at radius 2 is 2.16 bits per heavy atom. The van der Waals surface area contributed by atoms with Crippen molar-refractivity contribution in [1.29, 1.82) is 0 Å². The highest BCUT2D eigenvalue weighted by atomic mass is 35.5. The zero-order valence-corrected chi connectivity index (χ0v) is 14.6. The van der Waals surface area contributed by atoms with Crippen LogP contribution < -0.4 is 0 Å². The third-order valence-corrected chi connectivity index (χ3v) is 4.35. The topological polar surface area (TPSA) is 84.7 Å². The first-order valence-electron chi connectivity index (χ1n) is 7.57. The molecule has 2 aromatic rings. The average molecular weight is 384 g/mol.